The van der Waals surface area contributed by atoms with E-state index in [1.807, 2.05) is 11.8 Å². The summed E-state index contributed by atoms with van der Waals surface area (Å²) in [5.41, 5.74) is 0. The minimum atomic E-state index is 0.0493. The topological polar surface area (TPSA) is 41.1 Å². The Balaban J connectivity index is 1.76. The molecule has 0 aromatic heterocycles. The van der Waals surface area contributed by atoms with Gasteiger partial charge >= 0.3 is 0 Å². The summed E-state index contributed by atoms with van der Waals surface area (Å²) in [4.78, 5) is 12.1. The predicted octanol–water partition coefficient (Wildman–Crippen LogP) is 1.77. The fourth-order valence-electron chi connectivity index (χ4n) is 2.92. The molecule has 0 radical (unpaired) electrons. The molecule has 2 N–H and O–H groups in total. The van der Waals surface area contributed by atoms with E-state index in [1.165, 1.54) is 12.8 Å². The lowest BCUT2D eigenvalue weighted by Gasteiger charge is -2.29. The average Bonchev–Trinajstić information content (AvgIpc) is 2.76. The summed E-state index contributed by atoms with van der Waals surface area (Å²) in [6.45, 7) is 3.15. The Bertz CT molecular complexity index is 264. The van der Waals surface area contributed by atoms with Crippen LogP contribution in [-0.2, 0) is 4.79 Å². The number of carbonyl (C=O) groups excluding carboxylic acids is 1. The van der Waals surface area contributed by atoms with Crippen LogP contribution in [-0.4, -0.2) is 36.0 Å². The van der Waals surface area contributed by atoms with E-state index in [4.69, 9.17) is 0 Å². The van der Waals surface area contributed by atoms with E-state index in [-0.39, 0.29) is 11.9 Å². The predicted molar refractivity (Wildman–Crippen MR) is 73.3 cm³/mol. The Morgan fingerprint density at radius 3 is 2.47 bits per heavy atom. The van der Waals surface area contributed by atoms with Crippen LogP contribution >= 0.6 is 11.8 Å². The molecule has 1 heterocycles. The van der Waals surface area contributed by atoms with Crippen molar-refractivity contribution in [2.75, 3.05) is 12.8 Å². The molecule has 2 atom stereocenters. The first-order chi connectivity index (χ1) is 8.20. The van der Waals surface area contributed by atoms with Gasteiger partial charge in [-0.2, -0.15) is 11.8 Å². The van der Waals surface area contributed by atoms with Crippen LogP contribution in [0.4, 0.5) is 0 Å². The zero-order valence-corrected chi connectivity index (χ0v) is 11.7. The Morgan fingerprint density at radius 2 is 1.94 bits per heavy atom. The zero-order chi connectivity index (χ0) is 12.3. The minimum absolute atomic E-state index is 0.0493. The number of hydrogen-bond donors (Lipinski definition) is 2. The summed E-state index contributed by atoms with van der Waals surface area (Å²) in [6.07, 6.45) is 8.11. The van der Waals surface area contributed by atoms with Gasteiger partial charge in [-0.1, -0.05) is 6.92 Å². The molecule has 0 bridgehead atoms. The molecule has 1 aliphatic carbocycles. The molecular weight excluding hydrogens is 232 g/mol. The van der Waals surface area contributed by atoms with Crippen LogP contribution in [0.3, 0.4) is 0 Å². The second-order valence-corrected chi connectivity index (χ2v) is 6.55. The maximum atomic E-state index is 12.1. The lowest BCUT2D eigenvalue weighted by Crippen LogP contribution is -2.48. The molecule has 17 heavy (non-hydrogen) atoms. The van der Waals surface area contributed by atoms with Gasteiger partial charge in [0.1, 0.15) is 0 Å². The lowest BCUT2D eigenvalue weighted by atomic mass is 9.94. The summed E-state index contributed by atoms with van der Waals surface area (Å²) >= 11 is 1.97. The maximum Gasteiger partial charge on any atom is 0.237 e. The maximum absolute atomic E-state index is 12.1. The smallest absolute Gasteiger partial charge is 0.237 e. The SMILES string of the molecule is CSC1CCC(NC(=O)C2NCCC2C)CC1. The second-order valence-electron chi connectivity index (χ2n) is 5.42. The van der Waals surface area contributed by atoms with Crippen LogP contribution < -0.4 is 10.6 Å². The van der Waals surface area contributed by atoms with Crippen LogP contribution in [0.25, 0.3) is 0 Å². The van der Waals surface area contributed by atoms with Gasteiger partial charge in [-0.15, -0.1) is 0 Å². The molecule has 3 nitrogen and oxygen atoms in total. The lowest BCUT2D eigenvalue weighted by molar-refractivity contribution is -0.124. The normalized spacial score (nSPS) is 38.0. The molecule has 1 aliphatic heterocycles. The highest BCUT2D eigenvalue weighted by atomic mass is 32.2. The van der Waals surface area contributed by atoms with Crippen LogP contribution in [0, 0.1) is 5.92 Å². The van der Waals surface area contributed by atoms with E-state index in [1.54, 1.807) is 0 Å². The molecule has 0 aromatic rings. The Kier molecular flexibility index (Phi) is 4.74. The van der Waals surface area contributed by atoms with Crippen molar-refractivity contribution >= 4 is 17.7 Å². The van der Waals surface area contributed by atoms with Crippen molar-refractivity contribution in [2.45, 2.75) is 56.4 Å². The van der Waals surface area contributed by atoms with E-state index in [0.29, 0.717) is 12.0 Å². The first-order valence-electron chi connectivity index (χ1n) is 6.77. The highest BCUT2D eigenvalue weighted by Gasteiger charge is 2.31. The number of hydrogen-bond acceptors (Lipinski definition) is 3. The highest BCUT2D eigenvalue weighted by Crippen LogP contribution is 2.27. The summed E-state index contributed by atoms with van der Waals surface area (Å²) in [5.74, 6) is 0.708. The quantitative estimate of drug-likeness (QED) is 0.808. The molecule has 1 saturated heterocycles. The van der Waals surface area contributed by atoms with E-state index < -0.39 is 0 Å². The number of carbonyl (C=O) groups is 1. The molecule has 2 aliphatic rings. The van der Waals surface area contributed by atoms with Gasteiger partial charge in [0.15, 0.2) is 0 Å². The van der Waals surface area contributed by atoms with Gasteiger partial charge in [-0.25, -0.2) is 0 Å². The van der Waals surface area contributed by atoms with Crippen LogP contribution in [0.5, 0.6) is 0 Å². The van der Waals surface area contributed by atoms with Crippen molar-refractivity contribution in [3.05, 3.63) is 0 Å². The molecule has 1 saturated carbocycles. The molecule has 2 fully saturated rings. The molecule has 0 aromatic carbocycles. The van der Waals surface area contributed by atoms with Crippen molar-refractivity contribution in [1.82, 2.24) is 10.6 Å². The Labute approximate surface area is 108 Å². The molecule has 2 unspecified atom stereocenters. The monoisotopic (exact) mass is 256 g/mol. The molecular formula is C13H24N2OS. The Hall–Kier alpha value is -0.220. The molecule has 0 spiro atoms. The summed E-state index contributed by atoms with van der Waals surface area (Å²) in [6, 6.07) is 0.466. The van der Waals surface area contributed by atoms with Gasteiger partial charge in [0.25, 0.3) is 0 Å². The third-order valence-electron chi connectivity index (χ3n) is 4.17. The van der Waals surface area contributed by atoms with Crippen LogP contribution in [0.15, 0.2) is 0 Å². The fraction of sp³-hybridized carbons (Fsp3) is 0.923. The first-order valence-corrected chi connectivity index (χ1v) is 8.06. The number of rotatable bonds is 3. The van der Waals surface area contributed by atoms with Crippen molar-refractivity contribution < 1.29 is 4.79 Å². The van der Waals surface area contributed by atoms with E-state index >= 15 is 0 Å². The van der Waals surface area contributed by atoms with Crippen molar-refractivity contribution in [3.8, 4) is 0 Å². The van der Waals surface area contributed by atoms with Gasteiger partial charge in [0.2, 0.25) is 5.91 Å². The van der Waals surface area contributed by atoms with Crippen molar-refractivity contribution in [1.29, 1.82) is 0 Å². The largest absolute Gasteiger partial charge is 0.352 e. The van der Waals surface area contributed by atoms with Crippen molar-refractivity contribution in [3.63, 3.8) is 0 Å². The van der Waals surface area contributed by atoms with Gasteiger partial charge in [-0.3, -0.25) is 4.79 Å². The Morgan fingerprint density at radius 1 is 1.24 bits per heavy atom. The van der Waals surface area contributed by atoms with Gasteiger partial charge in [0.05, 0.1) is 6.04 Å². The standard InChI is InChI=1S/C13H24N2OS/c1-9-7-8-14-12(9)13(16)15-10-3-5-11(17-2)6-4-10/h9-12,14H,3-8H2,1-2H3,(H,15,16). The zero-order valence-electron chi connectivity index (χ0n) is 10.9. The minimum Gasteiger partial charge on any atom is -0.352 e. The number of amides is 1. The number of nitrogens with one attached hydrogen (secondary N) is 2. The molecule has 4 heteroatoms. The van der Waals surface area contributed by atoms with Gasteiger partial charge in [0, 0.05) is 11.3 Å². The van der Waals surface area contributed by atoms with E-state index in [2.05, 4.69) is 23.8 Å². The van der Waals surface area contributed by atoms with Gasteiger partial charge in [-0.05, 0) is 50.8 Å². The summed E-state index contributed by atoms with van der Waals surface area (Å²) in [7, 11) is 0. The van der Waals surface area contributed by atoms with Crippen molar-refractivity contribution in [2.24, 2.45) is 5.92 Å². The molecule has 2 rings (SSSR count). The van der Waals surface area contributed by atoms with Gasteiger partial charge < -0.3 is 10.6 Å². The average molecular weight is 256 g/mol. The van der Waals surface area contributed by atoms with E-state index in [9.17, 15) is 4.79 Å². The molecule has 1 amide bonds. The fourth-order valence-corrected chi connectivity index (χ4v) is 3.66. The highest BCUT2D eigenvalue weighted by molar-refractivity contribution is 7.99. The summed E-state index contributed by atoms with van der Waals surface area (Å²) < 4.78 is 0. The van der Waals surface area contributed by atoms with Crippen LogP contribution in [0.1, 0.15) is 39.0 Å². The first kappa shape index (κ1) is 13.2. The van der Waals surface area contributed by atoms with E-state index in [0.717, 1.165) is 31.1 Å². The molecule has 98 valence electrons. The van der Waals surface area contributed by atoms with Crippen LogP contribution in [0.2, 0.25) is 0 Å². The number of thioether (sulfide) groups is 1. The summed E-state index contributed by atoms with van der Waals surface area (Å²) in [5, 5.41) is 7.34. The second kappa shape index (κ2) is 6.10. The third-order valence-corrected chi connectivity index (χ3v) is 5.31. The third kappa shape index (κ3) is 3.38.